The molecule has 0 unspecified atom stereocenters. The number of aliphatic hydroxyl groups excluding tert-OH is 1. The lowest BCUT2D eigenvalue weighted by Gasteiger charge is -2.03. The SMILES string of the molecule is CCn1c(C)c(/C=N/NCCO)c2ccccc21. The number of hydrogen-bond acceptors (Lipinski definition) is 3. The van der Waals surface area contributed by atoms with Gasteiger partial charge in [-0.2, -0.15) is 5.10 Å². The Morgan fingerprint density at radius 3 is 2.89 bits per heavy atom. The molecule has 0 amide bonds. The van der Waals surface area contributed by atoms with Crippen LogP contribution in [0.5, 0.6) is 0 Å². The van der Waals surface area contributed by atoms with Crippen LogP contribution in [0.15, 0.2) is 29.4 Å². The normalized spacial score (nSPS) is 11.5. The standard InChI is InChI=1S/C14H19N3O/c1-3-17-11(2)13(10-16-15-8-9-18)12-6-4-5-7-14(12)17/h4-7,10,15,18H,3,8-9H2,1-2H3/b16-10+. The Labute approximate surface area is 107 Å². The van der Waals surface area contributed by atoms with Gasteiger partial charge in [-0.15, -0.1) is 0 Å². The van der Waals surface area contributed by atoms with E-state index in [0.29, 0.717) is 6.54 Å². The maximum atomic E-state index is 8.69. The van der Waals surface area contributed by atoms with E-state index >= 15 is 0 Å². The minimum absolute atomic E-state index is 0.0903. The zero-order valence-corrected chi connectivity index (χ0v) is 10.8. The number of para-hydroxylation sites is 1. The van der Waals surface area contributed by atoms with Crippen molar-refractivity contribution in [2.75, 3.05) is 13.2 Å². The minimum atomic E-state index is 0.0903. The van der Waals surface area contributed by atoms with Crippen molar-refractivity contribution in [3.05, 3.63) is 35.5 Å². The van der Waals surface area contributed by atoms with E-state index in [2.05, 4.69) is 47.1 Å². The van der Waals surface area contributed by atoms with E-state index in [1.807, 2.05) is 12.3 Å². The van der Waals surface area contributed by atoms with Gasteiger partial charge in [-0.1, -0.05) is 18.2 Å². The monoisotopic (exact) mass is 245 g/mol. The lowest BCUT2D eigenvalue weighted by Crippen LogP contribution is -2.11. The average Bonchev–Trinajstić information content (AvgIpc) is 2.67. The number of fused-ring (bicyclic) bond motifs is 1. The minimum Gasteiger partial charge on any atom is -0.394 e. The molecule has 1 aromatic heterocycles. The molecule has 0 aliphatic heterocycles. The van der Waals surface area contributed by atoms with Crippen molar-refractivity contribution in [1.29, 1.82) is 0 Å². The number of aliphatic hydroxyl groups is 1. The second-order valence-electron chi connectivity index (χ2n) is 4.15. The maximum Gasteiger partial charge on any atom is 0.0620 e. The summed E-state index contributed by atoms with van der Waals surface area (Å²) < 4.78 is 2.28. The molecule has 18 heavy (non-hydrogen) atoms. The van der Waals surface area contributed by atoms with Gasteiger partial charge in [0, 0.05) is 28.7 Å². The second kappa shape index (κ2) is 5.69. The molecule has 0 saturated heterocycles. The number of aryl methyl sites for hydroxylation is 1. The Bertz CT molecular complexity index is 557. The predicted molar refractivity (Wildman–Crippen MR) is 75.0 cm³/mol. The van der Waals surface area contributed by atoms with Gasteiger partial charge >= 0.3 is 0 Å². The fraction of sp³-hybridized carbons (Fsp3) is 0.357. The third-order valence-electron chi connectivity index (χ3n) is 3.10. The van der Waals surface area contributed by atoms with Gasteiger partial charge in [-0.3, -0.25) is 0 Å². The smallest absolute Gasteiger partial charge is 0.0620 e. The number of rotatable bonds is 5. The Kier molecular flexibility index (Phi) is 3.99. The first kappa shape index (κ1) is 12.6. The van der Waals surface area contributed by atoms with Gasteiger partial charge in [0.15, 0.2) is 0 Å². The van der Waals surface area contributed by atoms with E-state index < -0.39 is 0 Å². The Morgan fingerprint density at radius 2 is 2.17 bits per heavy atom. The van der Waals surface area contributed by atoms with Crippen LogP contribution < -0.4 is 5.43 Å². The molecule has 0 radical (unpaired) electrons. The van der Waals surface area contributed by atoms with Gasteiger partial charge < -0.3 is 15.1 Å². The van der Waals surface area contributed by atoms with Crippen LogP contribution in [-0.2, 0) is 6.54 Å². The van der Waals surface area contributed by atoms with Crippen molar-refractivity contribution in [3.8, 4) is 0 Å². The predicted octanol–water partition coefficient (Wildman–Crippen LogP) is 1.89. The van der Waals surface area contributed by atoms with Crippen molar-refractivity contribution in [1.82, 2.24) is 9.99 Å². The van der Waals surface area contributed by atoms with Crippen molar-refractivity contribution in [2.24, 2.45) is 5.10 Å². The highest BCUT2D eigenvalue weighted by molar-refractivity contribution is 6.01. The van der Waals surface area contributed by atoms with Crippen LogP contribution in [-0.4, -0.2) is 29.0 Å². The molecule has 1 aromatic carbocycles. The van der Waals surface area contributed by atoms with Crippen LogP contribution >= 0.6 is 0 Å². The molecule has 2 rings (SSSR count). The van der Waals surface area contributed by atoms with Crippen molar-refractivity contribution >= 4 is 17.1 Å². The highest BCUT2D eigenvalue weighted by Gasteiger charge is 2.10. The summed E-state index contributed by atoms with van der Waals surface area (Å²) in [5.74, 6) is 0. The Balaban J connectivity index is 2.43. The van der Waals surface area contributed by atoms with E-state index in [4.69, 9.17) is 5.11 Å². The van der Waals surface area contributed by atoms with Crippen molar-refractivity contribution in [3.63, 3.8) is 0 Å². The van der Waals surface area contributed by atoms with Gasteiger partial charge in [0.25, 0.3) is 0 Å². The van der Waals surface area contributed by atoms with Crippen molar-refractivity contribution in [2.45, 2.75) is 20.4 Å². The van der Waals surface area contributed by atoms with E-state index in [1.54, 1.807) is 0 Å². The summed E-state index contributed by atoms with van der Waals surface area (Å²) in [6.07, 6.45) is 1.83. The molecular weight excluding hydrogens is 226 g/mol. The molecule has 1 heterocycles. The molecule has 0 aliphatic rings. The highest BCUT2D eigenvalue weighted by Crippen LogP contribution is 2.24. The Hall–Kier alpha value is -1.81. The Morgan fingerprint density at radius 1 is 1.39 bits per heavy atom. The van der Waals surface area contributed by atoms with Gasteiger partial charge in [-0.25, -0.2) is 0 Å². The fourth-order valence-corrected chi connectivity index (χ4v) is 2.25. The van der Waals surface area contributed by atoms with E-state index in [1.165, 1.54) is 16.6 Å². The zero-order valence-electron chi connectivity index (χ0n) is 10.8. The summed E-state index contributed by atoms with van der Waals surface area (Å²) in [7, 11) is 0. The second-order valence-corrected chi connectivity index (χ2v) is 4.15. The van der Waals surface area contributed by atoms with Crippen LogP contribution in [0.2, 0.25) is 0 Å². The molecule has 4 nitrogen and oxygen atoms in total. The summed E-state index contributed by atoms with van der Waals surface area (Å²) in [5.41, 5.74) is 6.40. The molecule has 2 N–H and O–H groups in total. The van der Waals surface area contributed by atoms with Crippen LogP contribution in [0, 0.1) is 6.92 Å². The van der Waals surface area contributed by atoms with Gasteiger partial charge in [0.2, 0.25) is 0 Å². The van der Waals surface area contributed by atoms with Crippen LogP contribution in [0.4, 0.5) is 0 Å². The summed E-state index contributed by atoms with van der Waals surface area (Å²) in [6, 6.07) is 8.34. The lowest BCUT2D eigenvalue weighted by atomic mass is 10.1. The highest BCUT2D eigenvalue weighted by atomic mass is 16.3. The molecule has 0 bridgehead atoms. The molecule has 0 spiro atoms. The molecule has 0 atom stereocenters. The van der Waals surface area contributed by atoms with Gasteiger partial charge in [-0.05, 0) is 19.9 Å². The topological polar surface area (TPSA) is 49.5 Å². The summed E-state index contributed by atoms with van der Waals surface area (Å²) >= 11 is 0. The van der Waals surface area contributed by atoms with Gasteiger partial charge in [0.1, 0.15) is 0 Å². The number of nitrogens with one attached hydrogen (secondary N) is 1. The van der Waals surface area contributed by atoms with E-state index in [-0.39, 0.29) is 6.61 Å². The maximum absolute atomic E-state index is 8.69. The number of hydrazone groups is 1. The van der Waals surface area contributed by atoms with E-state index in [0.717, 1.165) is 12.1 Å². The summed E-state index contributed by atoms with van der Waals surface area (Å²) in [4.78, 5) is 0. The first-order valence-electron chi connectivity index (χ1n) is 6.24. The van der Waals surface area contributed by atoms with Crippen molar-refractivity contribution < 1.29 is 5.11 Å². The zero-order chi connectivity index (χ0) is 13.0. The molecule has 96 valence electrons. The molecule has 0 fully saturated rings. The summed E-state index contributed by atoms with van der Waals surface area (Å²) in [6.45, 7) is 5.76. The third kappa shape index (κ3) is 2.24. The van der Waals surface area contributed by atoms with E-state index in [9.17, 15) is 0 Å². The lowest BCUT2D eigenvalue weighted by molar-refractivity contribution is 0.294. The molecular formula is C14H19N3O. The van der Waals surface area contributed by atoms with Gasteiger partial charge in [0.05, 0.1) is 19.4 Å². The first-order chi connectivity index (χ1) is 8.79. The third-order valence-corrected chi connectivity index (χ3v) is 3.10. The number of benzene rings is 1. The first-order valence-corrected chi connectivity index (χ1v) is 6.24. The molecule has 2 aromatic rings. The van der Waals surface area contributed by atoms with Crippen LogP contribution in [0.1, 0.15) is 18.2 Å². The fourth-order valence-electron chi connectivity index (χ4n) is 2.25. The quantitative estimate of drug-likeness (QED) is 0.480. The average molecular weight is 245 g/mol. The van der Waals surface area contributed by atoms with Crippen LogP contribution in [0.3, 0.4) is 0 Å². The summed E-state index contributed by atoms with van der Waals surface area (Å²) in [5, 5.41) is 14.0. The molecule has 4 heteroatoms. The molecule has 0 saturated carbocycles. The van der Waals surface area contributed by atoms with Crippen LogP contribution in [0.25, 0.3) is 10.9 Å². The largest absolute Gasteiger partial charge is 0.394 e. The number of nitrogens with zero attached hydrogens (tertiary/aromatic N) is 2. The number of hydrogen-bond donors (Lipinski definition) is 2. The number of aromatic nitrogens is 1. The molecule has 0 aliphatic carbocycles.